The predicted molar refractivity (Wildman–Crippen MR) is 148 cm³/mol. The summed E-state index contributed by atoms with van der Waals surface area (Å²) in [7, 11) is -3.61. The maximum absolute atomic E-state index is 13.3. The van der Waals surface area contributed by atoms with Crippen LogP contribution in [-0.2, 0) is 16.4 Å². The van der Waals surface area contributed by atoms with Crippen molar-refractivity contribution in [1.82, 2.24) is 14.3 Å². The van der Waals surface area contributed by atoms with E-state index in [9.17, 15) is 8.42 Å². The van der Waals surface area contributed by atoms with Gasteiger partial charge in [-0.05, 0) is 43.2 Å². The largest absolute Gasteiger partial charge is 0.355 e. The average molecular weight is 533 g/mol. The normalized spacial score (nSPS) is 14.9. The topological polar surface area (TPSA) is 66.4 Å². The Kier molecular flexibility index (Phi) is 7.55. The van der Waals surface area contributed by atoms with Gasteiger partial charge in [0.15, 0.2) is 5.82 Å². The number of hydrogen-bond donors (Lipinski definition) is 0. The smallest absolute Gasteiger partial charge is 0.243 e. The molecule has 0 unspecified atom stereocenters. The second kappa shape index (κ2) is 11.0. The summed E-state index contributed by atoms with van der Waals surface area (Å²) in [4.78, 5) is 12.4. The number of aryl methyl sites for hydroxylation is 1. The van der Waals surface area contributed by atoms with Gasteiger partial charge in [-0.3, -0.25) is 0 Å². The Bertz CT molecular complexity index is 1460. The summed E-state index contributed by atoms with van der Waals surface area (Å²) < 4.78 is 28.2. The van der Waals surface area contributed by atoms with Crippen LogP contribution in [-0.4, -0.2) is 48.9 Å². The van der Waals surface area contributed by atoms with Gasteiger partial charge < -0.3 is 4.90 Å². The van der Waals surface area contributed by atoms with E-state index in [0.717, 1.165) is 22.6 Å². The zero-order valence-corrected chi connectivity index (χ0v) is 22.3. The Morgan fingerprint density at radius 3 is 2.19 bits per heavy atom. The predicted octanol–water partition coefficient (Wildman–Crippen LogP) is 5.60. The molecular weight excluding hydrogens is 504 g/mol. The van der Waals surface area contributed by atoms with Gasteiger partial charge in [0.2, 0.25) is 10.0 Å². The second-order valence-electron chi connectivity index (χ2n) is 9.16. The van der Waals surface area contributed by atoms with E-state index in [1.807, 2.05) is 55.5 Å². The van der Waals surface area contributed by atoms with E-state index in [1.54, 1.807) is 28.6 Å². The number of rotatable bonds is 6. The molecule has 2 heterocycles. The van der Waals surface area contributed by atoms with E-state index in [-0.39, 0.29) is 4.90 Å². The third kappa shape index (κ3) is 5.69. The van der Waals surface area contributed by atoms with Crippen LogP contribution in [0.3, 0.4) is 0 Å². The number of aromatic nitrogens is 2. The van der Waals surface area contributed by atoms with Gasteiger partial charge in [0.1, 0.15) is 5.82 Å². The van der Waals surface area contributed by atoms with E-state index in [4.69, 9.17) is 21.6 Å². The molecule has 0 atom stereocenters. The SMILES string of the molecule is Cc1nc(-c2ccccc2)nc(N2CCCN(S(=O)(=O)c3ccc(Cl)cc3)CC2)c1Cc1ccccc1. The molecule has 0 saturated carbocycles. The summed E-state index contributed by atoms with van der Waals surface area (Å²) in [6, 6.07) is 26.6. The molecule has 1 aliphatic rings. The fourth-order valence-electron chi connectivity index (χ4n) is 4.67. The van der Waals surface area contributed by atoms with Gasteiger partial charge in [-0.1, -0.05) is 72.3 Å². The summed E-state index contributed by atoms with van der Waals surface area (Å²) in [5.41, 5.74) is 4.15. The van der Waals surface area contributed by atoms with Crippen LogP contribution in [0.5, 0.6) is 0 Å². The minimum atomic E-state index is -3.61. The molecule has 1 fully saturated rings. The first-order valence-electron chi connectivity index (χ1n) is 12.4. The molecule has 6 nitrogen and oxygen atoms in total. The van der Waals surface area contributed by atoms with Crippen molar-refractivity contribution in [3.8, 4) is 11.4 Å². The Morgan fingerprint density at radius 1 is 0.811 bits per heavy atom. The lowest BCUT2D eigenvalue weighted by molar-refractivity contribution is 0.433. The standard InChI is InChI=1S/C29H29ClN4O2S/c1-22-27(21-23-9-4-2-5-10-23)29(32-28(31-22)24-11-6-3-7-12-24)33-17-8-18-34(20-19-33)37(35,36)26-15-13-25(30)14-16-26/h2-7,9-16H,8,17-21H2,1H3. The zero-order valence-electron chi connectivity index (χ0n) is 20.7. The molecule has 0 radical (unpaired) electrons. The monoisotopic (exact) mass is 532 g/mol. The molecule has 0 spiro atoms. The molecule has 37 heavy (non-hydrogen) atoms. The van der Waals surface area contributed by atoms with Crippen molar-refractivity contribution in [2.45, 2.75) is 24.7 Å². The molecule has 8 heteroatoms. The zero-order chi connectivity index (χ0) is 25.8. The number of nitrogens with zero attached hydrogens (tertiary/aromatic N) is 4. The molecule has 0 N–H and O–H groups in total. The van der Waals surface area contributed by atoms with Gasteiger partial charge in [0.05, 0.1) is 4.90 Å². The summed E-state index contributed by atoms with van der Waals surface area (Å²) in [5, 5.41) is 0.514. The lowest BCUT2D eigenvalue weighted by atomic mass is 10.0. The van der Waals surface area contributed by atoms with Gasteiger partial charge in [0, 0.05) is 54.4 Å². The molecule has 0 amide bonds. The van der Waals surface area contributed by atoms with Crippen molar-refractivity contribution < 1.29 is 8.42 Å². The van der Waals surface area contributed by atoms with E-state index in [1.165, 1.54) is 5.56 Å². The van der Waals surface area contributed by atoms with Crippen molar-refractivity contribution in [2.24, 2.45) is 0 Å². The maximum atomic E-state index is 13.3. The fraction of sp³-hybridized carbons (Fsp3) is 0.241. The van der Waals surface area contributed by atoms with Gasteiger partial charge in [-0.15, -0.1) is 0 Å². The highest BCUT2D eigenvalue weighted by Crippen LogP contribution is 2.29. The first kappa shape index (κ1) is 25.4. The van der Waals surface area contributed by atoms with Gasteiger partial charge in [0.25, 0.3) is 0 Å². The third-order valence-electron chi connectivity index (χ3n) is 6.65. The van der Waals surface area contributed by atoms with Crippen LogP contribution >= 0.6 is 11.6 Å². The maximum Gasteiger partial charge on any atom is 0.243 e. The highest BCUT2D eigenvalue weighted by atomic mass is 35.5. The minimum Gasteiger partial charge on any atom is -0.355 e. The van der Waals surface area contributed by atoms with Crippen molar-refractivity contribution in [1.29, 1.82) is 0 Å². The second-order valence-corrected chi connectivity index (χ2v) is 11.5. The molecule has 1 aromatic heterocycles. The third-order valence-corrected chi connectivity index (χ3v) is 8.82. The molecule has 5 rings (SSSR count). The number of halogens is 1. The van der Waals surface area contributed by atoms with E-state index >= 15 is 0 Å². The number of hydrogen-bond acceptors (Lipinski definition) is 5. The highest BCUT2D eigenvalue weighted by molar-refractivity contribution is 7.89. The van der Waals surface area contributed by atoms with Crippen molar-refractivity contribution in [2.75, 3.05) is 31.1 Å². The average Bonchev–Trinajstić information content (AvgIpc) is 3.18. The molecule has 4 aromatic rings. The quantitative estimate of drug-likeness (QED) is 0.323. The first-order valence-corrected chi connectivity index (χ1v) is 14.2. The molecule has 0 bridgehead atoms. The van der Waals surface area contributed by atoms with Crippen molar-refractivity contribution >= 4 is 27.4 Å². The Balaban J connectivity index is 1.48. The molecule has 1 saturated heterocycles. The minimum absolute atomic E-state index is 0.263. The Labute approximate surface area is 223 Å². The highest BCUT2D eigenvalue weighted by Gasteiger charge is 2.28. The summed E-state index contributed by atoms with van der Waals surface area (Å²) in [6.45, 7) is 4.11. The molecule has 190 valence electrons. The van der Waals surface area contributed by atoms with Crippen LogP contribution < -0.4 is 4.90 Å². The van der Waals surface area contributed by atoms with E-state index in [2.05, 4.69) is 17.0 Å². The first-order chi connectivity index (χ1) is 17.9. The lowest BCUT2D eigenvalue weighted by Crippen LogP contribution is -2.35. The summed E-state index contributed by atoms with van der Waals surface area (Å²) in [5.74, 6) is 1.56. The van der Waals surface area contributed by atoms with Crippen LogP contribution in [0, 0.1) is 6.92 Å². The van der Waals surface area contributed by atoms with Gasteiger partial charge in [-0.25, -0.2) is 18.4 Å². The Morgan fingerprint density at radius 2 is 1.49 bits per heavy atom. The van der Waals surface area contributed by atoms with Crippen LogP contribution in [0.15, 0.2) is 89.8 Å². The van der Waals surface area contributed by atoms with Crippen LogP contribution in [0.25, 0.3) is 11.4 Å². The van der Waals surface area contributed by atoms with Crippen LogP contribution in [0.1, 0.15) is 23.2 Å². The molecule has 3 aromatic carbocycles. The van der Waals surface area contributed by atoms with Crippen molar-refractivity contribution in [3.05, 3.63) is 107 Å². The number of sulfonamides is 1. The molecule has 0 aliphatic carbocycles. The lowest BCUT2D eigenvalue weighted by Gasteiger charge is -2.26. The molecular formula is C29H29ClN4O2S. The van der Waals surface area contributed by atoms with Crippen LogP contribution in [0.2, 0.25) is 5.02 Å². The van der Waals surface area contributed by atoms with Crippen molar-refractivity contribution in [3.63, 3.8) is 0 Å². The fourth-order valence-corrected chi connectivity index (χ4v) is 6.26. The summed E-state index contributed by atoms with van der Waals surface area (Å²) >= 11 is 5.98. The van der Waals surface area contributed by atoms with E-state index < -0.39 is 10.0 Å². The number of anilines is 1. The number of benzene rings is 3. The Hall–Kier alpha value is -3.26. The van der Waals surface area contributed by atoms with Gasteiger partial charge in [-0.2, -0.15) is 4.31 Å². The van der Waals surface area contributed by atoms with Crippen LogP contribution in [0.4, 0.5) is 5.82 Å². The van der Waals surface area contributed by atoms with E-state index in [0.29, 0.717) is 49.9 Å². The summed E-state index contributed by atoms with van der Waals surface area (Å²) in [6.07, 6.45) is 1.40. The van der Waals surface area contributed by atoms with Gasteiger partial charge >= 0.3 is 0 Å². The molecule has 1 aliphatic heterocycles.